The molecule has 0 aliphatic carbocycles. The third-order valence-electron chi connectivity index (χ3n) is 3.96. The van der Waals surface area contributed by atoms with Gasteiger partial charge < -0.3 is 10.6 Å². The summed E-state index contributed by atoms with van der Waals surface area (Å²) in [6.45, 7) is 8.47. The Balaban J connectivity index is 1.74. The zero-order chi connectivity index (χ0) is 15.3. The van der Waals surface area contributed by atoms with Crippen molar-refractivity contribution in [3.8, 4) is 0 Å². The summed E-state index contributed by atoms with van der Waals surface area (Å²) >= 11 is 0. The Bertz CT molecular complexity index is 445. The van der Waals surface area contributed by atoms with E-state index in [1.807, 2.05) is 24.8 Å². The van der Waals surface area contributed by atoms with Crippen molar-refractivity contribution in [2.45, 2.75) is 38.8 Å². The maximum absolute atomic E-state index is 12.2. The van der Waals surface area contributed by atoms with Gasteiger partial charge in [0.25, 0.3) is 0 Å². The molecule has 1 fully saturated rings. The fourth-order valence-corrected chi connectivity index (χ4v) is 2.58. The lowest BCUT2D eigenvalue weighted by molar-refractivity contribution is -0.133. The normalized spacial score (nSPS) is 17.0. The molecule has 1 heterocycles. The number of piperazine rings is 1. The highest BCUT2D eigenvalue weighted by Crippen LogP contribution is 2.12. The highest BCUT2D eigenvalue weighted by atomic mass is 16.2. The predicted molar refractivity (Wildman–Crippen MR) is 85.8 cm³/mol. The van der Waals surface area contributed by atoms with Gasteiger partial charge in [-0.3, -0.25) is 9.69 Å². The topological polar surface area (TPSA) is 49.6 Å². The van der Waals surface area contributed by atoms with E-state index in [1.54, 1.807) is 0 Å². The van der Waals surface area contributed by atoms with E-state index in [9.17, 15) is 4.79 Å². The molecule has 1 aliphatic heterocycles. The van der Waals surface area contributed by atoms with E-state index in [4.69, 9.17) is 5.73 Å². The van der Waals surface area contributed by atoms with Crippen molar-refractivity contribution in [2.24, 2.45) is 5.73 Å². The first-order valence-corrected chi connectivity index (χ1v) is 7.77. The fourth-order valence-electron chi connectivity index (χ4n) is 2.58. The smallest absolute Gasteiger partial charge is 0.222 e. The molecule has 0 radical (unpaired) electrons. The minimum atomic E-state index is -0.259. The van der Waals surface area contributed by atoms with E-state index in [-0.39, 0.29) is 11.4 Å². The lowest BCUT2D eigenvalue weighted by Crippen LogP contribution is -2.48. The van der Waals surface area contributed by atoms with Crippen molar-refractivity contribution in [1.29, 1.82) is 0 Å². The van der Waals surface area contributed by atoms with Crippen LogP contribution in [0.3, 0.4) is 0 Å². The molecule has 116 valence electrons. The van der Waals surface area contributed by atoms with Gasteiger partial charge in [0.15, 0.2) is 0 Å². The van der Waals surface area contributed by atoms with Crippen LogP contribution in [-0.2, 0) is 11.3 Å². The fraction of sp³-hybridized carbons (Fsp3) is 0.588. The van der Waals surface area contributed by atoms with Crippen LogP contribution in [0.25, 0.3) is 0 Å². The molecule has 1 aromatic carbocycles. The van der Waals surface area contributed by atoms with Crippen LogP contribution in [-0.4, -0.2) is 47.4 Å². The zero-order valence-electron chi connectivity index (χ0n) is 13.2. The monoisotopic (exact) mass is 289 g/mol. The van der Waals surface area contributed by atoms with E-state index in [2.05, 4.69) is 29.2 Å². The highest BCUT2D eigenvalue weighted by Gasteiger charge is 2.22. The maximum Gasteiger partial charge on any atom is 0.222 e. The standard InChI is InChI=1S/C17H27N3O/c1-17(2,18)9-8-16(21)20-12-10-19(11-13-20)14-15-6-4-3-5-7-15/h3-7H,8-14,18H2,1-2H3. The Labute approximate surface area is 127 Å². The van der Waals surface area contributed by atoms with Crippen LogP contribution >= 0.6 is 0 Å². The number of hydrogen-bond donors (Lipinski definition) is 1. The van der Waals surface area contributed by atoms with Gasteiger partial charge in [0, 0.05) is 44.7 Å². The molecule has 0 saturated carbocycles. The van der Waals surface area contributed by atoms with E-state index in [1.165, 1.54) is 5.56 Å². The molecule has 1 amide bonds. The van der Waals surface area contributed by atoms with Gasteiger partial charge in [0.2, 0.25) is 5.91 Å². The Kier molecular flexibility index (Phi) is 5.37. The molecule has 0 atom stereocenters. The number of carbonyl (C=O) groups excluding carboxylic acids is 1. The van der Waals surface area contributed by atoms with E-state index < -0.39 is 0 Å². The van der Waals surface area contributed by atoms with Crippen molar-refractivity contribution in [2.75, 3.05) is 26.2 Å². The highest BCUT2D eigenvalue weighted by molar-refractivity contribution is 5.76. The minimum absolute atomic E-state index is 0.243. The number of hydrogen-bond acceptors (Lipinski definition) is 3. The van der Waals surface area contributed by atoms with Gasteiger partial charge in [-0.05, 0) is 25.8 Å². The van der Waals surface area contributed by atoms with Gasteiger partial charge in [-0.2, -0.15) is 0 Å². The van der Waals surface area contributed by atoms with Gasteiger partial charge in [0.05, 0.1) is 0 Å². The number of nitrogens with zero attached hydrogens (tertiary/aromatic N) is 2. The molecule has 0 unspecified atom stereocenters. The molecule has 0 bridgehead atoms. The molecule has 1 aliphatic rings. The van der Waals surface area contributed by atoms with Crippen molar-refractivity contribution < 1.29 is 4.79 Å². The third-order valence-corrected chi connectivity index (χ3v) is 3.96. The van der Waals surface area contributed by atoms with E-state index in [0.717, 1.165) is 39.1 Å². The minimum Gasteiger partial charge on any atom is -0.340 e. The number of nitrogens with two attached hydrogens (primary N) is 1. The summed E-state index contributed by atoms with van der Waals surface area (Å²) in [7, 11) is 0. The molecule has 2 N–H and O–H groups in total. The Morgan fingerprint density at radius 3 is 2.33 bits per heavy atom. The molecule has 1 saturated heterocycles. The lowest BCUT2D eigenvalue weighted by atomic mass is 9.99. The van der Waals surface area contributed by atoms with Crippen LogP contribution in [0.5, 0.6) is 0 Å². The third kappa shape index (κ3) is 5.48. The molecule has 0 spiro atoms. The number of carbonyl (C=O) groups is 1. The van der Waals surface area contributed by atoms with Gasteiger partial charge in [-0.1, -0.05) is 30.3 Å². The van der Waals surface area contributed by atoms with Crippen LogP contribution in [0.1, 0.15) is 32.3 Å². The van der Waals surface area contributed by atoms with Crippen molar-refractivity contribution in [3.05, 3.63) is 35.9 Å². The Hall–Kier alpha value is -1.39. The van der Waals surface area contributed by atoms with Gasteiger partial charge in [0.1, 0.15) is 0 Å². The molecule has 4 nitrogen and oxygen atoms in total. The van der Waals surface area contributed by atoms with Crippen LogP contribution in [0, 0.1) is 0 Å². The summed E-state index contributed by atoms with van der Waals surface area (Å²) in [6, 6.07) is 10.5. The summed E-state index contributed by atoms with van der Waals surface area (Å²) in [5.41, 5.74) is 7.02. The van der Waals surface area contributed by atoms with E-state index in [0.29, 0.717) is 6.42 Å². The lowest BCUT2D eigenvalue weighted by Gasteiger charge is -2.35. The zero-order valence-corrected chi connectivity index (χ0v) is 13.2. The first kappa shape index (κ1) is 16.0. The molecule has 4 heteroatoms. The van der Waals surface area contributed by atoms with Gasteiger partial charge in [-0.25, -0.2) is 0 Å². The second kappa shape index (κ2) is 7.05. The molecule has 1 aromatic rings. The Morgan fingerprint density at radius 1 is 1.14 bits per heavy atom. The Morgan fingerprint density at radius 2 is 1.76 bits per heavy atom. The average Bonchev–Trinajstić information content (AvgIpc) is 2.46. The molecule has 0 aromatic heterocycles. The van der Waals surface area contributed by atoms with Crippen molar-refractivity contribution in [3.63, 3.8) is 0 Å². The summed E-state index contributed by atoms with van der Waals surface area (Å²) in [5.74, 6) is 0.243. The van der Waals surface area contributed by atoms with Gasteiger partial charge in [-0.15, -0.1) is 0 Å². The first-order chi connectivity index (χ1) is 9.94. The van der Waals surface area contributed by atoms with Crippen LogP contribution in [0.4, 0.5) is 0 Å². The van der Waals surface area contributed by atoms with Crippen molar-refractivity contribution >= 4 is 5.91 Å². The molecule has 21 heavy (non-hydrogen) atoms. The average molecular weight is 289 g/mol. The van der Waals surface area contributed by atoms with Crippen LogP contribution < -0.4 is 5.73 Å². The number of rotatable bonds is 5. The quantitative estimate of drug-likeness (QED) is 0.900. The largest absolute Gasteiger partial charge is 0.340 e. The van der Waals surface area contributed by atoms with Crippen LogP contribution in [0.15, 0.2) is 30.3 Å². The summed E-state index contributed by atoms with van der Waals surface area (Å²) in [6.07, 6.45) is 1.30. The van der Waals surface area contributed by atoms with Crippen LogP contribution in [0.2, 0.25) is 0 Å². The first-order valence-electron chi connectivity index (χ1n) is 7.77. The number of amides is 1. The summed E-state index contributed by atoms with van der Waals surface area (Å²) in [4.78, 5) is 16.5. The summed E-state index contributed by atoms with van der Waals surface area (Å²) < 4.78 is 0. The van der Waals surface area contributed by atoms with Gasteiger partial charge >= 0.3 is 0 Å². The van der Waals surface area contributed by atoms with Crippen molar-refractivity contribution in [1.82, 2.24) is 9.80 Å². The second-order valence-electron chi connectivity index (χ2n) is 6.63. The number of benzene rings is 1. The SMILES string of the molecule is CC(C)(N)CCC(=O)N1CCN(Cc2ccccc2)CC1. The maximum atomic E-state index is 12.2. The molecular weight excluding hydrogens is 262 g/mol. The summed E-state index contributed by atoms with van der Waals surface area (Å²) in [5, 5.41) is 0. The molecular formula is C17H27N3O. The molecule has 2 rings (SSSR count). The second-order valence-corrected chi connectivity index (χ2v) is 6.63. The van der Waals surface area contributed by atoms with E-state index >= 15 is 0 Å². The predicted octanol–water partition coefficient (Wildman–Crippen LogP) is 1.85.